The van der Waals surface area contributed by atoms with Gasteiger partial charge in [-0.15, -0.1) is 0 Å². The highest BCUT2D eigenvalue weighted by Gasteiger charge is 2.44. The van der Waals surface area contributed by atoms with Gasteiger partial charge >= 0.3 is 18.4 Å². The largest absolute Gasteiger partial charge is 0.496 e. The summed E-state index contributed by atoms with van der Waals surface area (Å²) in [5, 5.41) is 9.43. The number of nitriles is 1. The molecule has 214 valence electrons. The lowest BCUT2D eigenvalue weighted by atomic mass is 9.72. The number of rotatable bonds is 5. The van der Waals surface area contributed by atoms with Gasteiger partial charge in [0.2, 0.25) is 0 Å². The SMILES string of the molecule is COc1ccc(C#N)cc1C1=C(CN2C(=O)O[C@H](c3cc(C(F)(F)F)cc(C(F)(F)F)c3)[C@@H]2C)CC(C)(C)CC1. The Morgan fingerprint density at radius 2 is 1.70 bits per heavy atom. The van der Waals surface area contributed by atoms with Crippen LogP contribution >= 0.6 is 0 Å². The van der Waals surface area contributed by atoms with E-state index in [-0.39, 0.29) is 23.6 Å². The van der Waals surface area contributed by atoms with E-state index < -0.39 is 41.7 Å². The fourth-order valence-electron chi connectivity index (χ4n) is 5.41. The van der Waals surface area contributed by atoms with Crippen LogP contribution in [0.25, 0.3) is 5.57 Å². The molecule has 1 amide bonds. The van der Waals surface area contributed by atoms with E-state index in [1.54, 1.807) is 18.2 Å². The molecule has 40 heavy (non-hydrogen) atoms. The van der Waals surface area contributed by atoms with Gasteiger partial charge in [-0.25, -0.2) is 4.79 Å². The number of nitrogens with zero attached hydrogens (tertiary/aromatic N) is 2. The summed E-state index contributed by atoms with van der Waals surface area (Å²) in [5.41, 5.74) is -0.585. The van der Waals surface area contributed by atoms with Crippen molar-refractivity contribution in [3.63, 3.8) is 0 Å². The van der Waals surface area contributed by atoms with Crippen LogP contribution in [0.15, 0.2) is 42.0 Å². The molecule has 1 aliphatic heterocycles. The molecule has 2 aromatic carbocycles. The van der Waals surface area contributed by atoms with Crippen LogP contribution in [0.3, 0.4) is 0 Å². The minimum Gasteiger partial charge on any atom is -0.496 e. The second-order valence-electron chi connectivity index (χ2n) is 11.0. The van der Waals surface area contributed by atoms with E-state index in [0.29, 0.717) is 41.9 Å². The third-order valence-electron chi connectivity index (χ3n) is 7.52. The summed E-state index contributed by atoms with van der Waals surface area (Å²) in [6, 6.07) is 7.52. The third kappa shape index (κ3) is 5.91. The fraction of sp³-hybridized carbons (Fsp3) is 0.448. The zero-order valence-corrected chi connectivity index (χ0v) is 22.3. The Balaban J connectivity index is 1.74. The normalized spacial score (nSPS) is 21.3. The number of hydrogen-bond donors (Lipinski definition) is 0. The van der Waals surface area contributed by atoms with Crippen molar-refractivity contribution in [2.75, 3.05) is 13.7 Å². The van der Waals surface area contributed by atoms with Gasteiger partial charge < -0.3 is 9.47 Å². The molecule has 0 unspecified atom stereocenters. The molecule has 4 rings (SSSR count). The van der Waals surface area contributed by atoms with E-state index in [4.69, 9.17) is 9.47 Å². The second kappa shape index (κ2) is 10.4. The zero-order valence-electron chi connectivity index (χ0n) is 22.3. The number of benzene rings is 2. The number of hydrogen-bond acceptors (Lipinski definition) is 4. The molecule has 0 aromatic heterocycles. The van der Waals surface area contributed by atoms with Gasteiger partial charge in [-0.05, 0) is 84.7 Å². The second-order valence-corrected chi connectivity index (χ2v) is 11.0. The Labute approximate surface area is 228 Å². The summed E-state index contributed by atoms with van der Waals surface area (Å²) in [6.45, 7) is 5.74. The predicted molar refractivity (Wildman–Crippen MR) is 134 cm³/mol. The smallest absolute Gasteiger partial charge is 0.416 e. The summed E-state index contributed by atoms with van der Waals surface area (Å²) in [7, 11) is 1.51. The molecule has 1 aliphatic carbocycles. The van der Waals surface area contributed by atoms with Gasteiger partial charge in [0.1, 0.15) is 11.9 Å². The quantitative estimate of drug-likeness (QED) is 0.343. The van der Waals surface area contributed by atoms with Crippen LogP contribution in [0.4, 0.5) is 31.1 Å². The van der Waals surface area contributed by atoms with Crippen LogP contribution in [0, 0.1) is 16.7 Å². The van der Waals surface area contributed by atoms with Gasteiger partial charge in [0.05, 0.1) is 35.9 Å². The number of amides is 1. The molecule has 0 radical (unpaired) electrons. The summed E-state index contributed by atoms with van der Waals surface area (Å²) in [6.07, 6.45) is -10.2. The first-order valence-corrected chi connectivity index (χ1v) is 12.6. The summed E-state index contributed by atoms with van der Waals surface area (Å²) in [5.74, 6) is 0.546. The van der Waals surface area contributed by atoms with Crippen molar-refractivity contribution in [3.8, 4) is 11.8 Å². The number of methoxy groups -OCH3 is 1. The highest BCUT2D eigenvalue weighted by Crippen LogP contribution is 2.46. The fourth-order valence-corrected chi connectivity index (χ4v) is 5.41. The summed E-state index contributed by atoms with van der Waals surface area (Å²) >= 11 is 0. The minimum absolute atomic E-state index is 0.0483. The molecule has 2 aromatic rings. The van der Waals surface area contributed by atoms with Crippen molar-refractivity contribution >= 4 is 11.7 Å². The lowest BCUT2D eigenvalue weighted by Gasteiger charge is -2.35. The van der Waals surface area contributed by atoms with E-state index in [2.05, 4.69) is 19.9 Å². The van der Waals surface area contributed by atoms with Crippen LogP contribution in [-0.4, -0.2) is 30.7 Å². The van der Waals surface area contributed by atoms with Crippen LogP contribution in [0.5, 0.6) is 5.75 Å². The average molecular weight is 567 g/mol. The maximum Gasteiger partial charge on any atom is 0.416 e. The molecule has 2 aliphatic rings. The van der Waals surface area contributed by atoms with Crippen LogP contribution < -0.4 is 4.74 Å². The molecule has 2 atom stereocenters. The zero-order chi connectivity index (χ0) is 29.6. The van der Waals surface area contributed by atoms with E-state index in [9.17, 15) is 36.4 Å². The average Bonchev–Trinajstić information content (AvgIpc) is 3.15. The summed E-state index contributed by atoms with van der Waals surface area (Å²) in [4.78, 5) is 14.3. The number of alkyl halides is 6. The maximum absolute atomic E-state index is 13.5. The molecule has 5 nitrogen and oxygen atoms in total. The topological polar surface area (TPSA) is 62.6 Å². The van der Waals surface area contributed by atoms with Gasteiger partial charge in [-0.1, -0.05) is 13.8 Å². The highest BCUT2D eigenvalue weighted by molar-refractivity contribution is 5.77. The predicted octanol–water partition coefficient (Wildman–Crippen LogP) is 8.15. The van der Waals surface area contributed by atoms with Gasteiger partial charge in [0, 0.05) is 12.1 Å². The van der Waals surface area contributed by atoms with Gasteiger partial charge in [-0.3, -0.25) is 4.90 Å². The molecule has 0 bridgehead atoms. The Kier molecular flexibility index (Phi) is 7.60. The van der Waals surface area contributed by atoms with Crippen LogP contribution in [0.1, 0.15) is 74.0 Å². The Bertz CT molecular complexity index is 1360. The molecule has 0 N–H and O–H groups in total. The molecule has 1 heterocycles. The Morgan fingerprint density at radius 1 is 1.07 bits per heavy atom. The first-order chi connectivity index (χ1) is 18.5. The standard InChI is InChI=1S/C29H28F6N2O3/c1-16-25(18-10-20(28(30,31)32)12-21(11-18)29(33,34)35)40-26(38)37(16)15-19-13-27(2,3)8-7-22(19)23-9-17(14-36)5-6-24(23)39-4/h5-6,9-12,16,25H,7-8,13,15H2,1-4H3/t16-,25-/m0/s1. The molecule has 11 heteroatoms. The van der Waals surface area contributed by atoms with Crippen molar-refractivity contribution in [1.29, 1.82) is 5.26 Å². The highest BCUT2D eigenvalue weighted by atomic mass is 19.4. The number of carbonyl (C=O) groups excluding carboxylic acids is 1. The van der Waals surface area contributed by atoms with Crippen molar-refractivity contribution in [1.82, 2.24) is 4.90 Å². The molecule has 1 saturated heterocycles. The molecule has 0 saturated carbocycles. The van der Waals surface area contributed by atoms with Gasteiger partial charge in [-0.2, -0.15) is 31.6 Å². The van der Waals surface area contributed by atoms with E-state index in [1.807, 2.05) is 0 Å². The monoisotopic (exact) mass is 566 g/mol. The van der Waals surface area contributed by atoms with Crippen LogP contribution in [-0.2, 0) is 17.1 Å². The number of ether oxygens (including phenoxy) is 2. The lowest BCUT2D eigenvalue weighted by molar-refractivity contribution is -0.143. The van der Waals surface area contributed by atoms with Crippen molar-refractivity contribution < 1.29 is 40.6 Å². The third-order valence-corrected chi connectivity index (χ3v) is 7.52. The van der Waals surface area contributed by atoms with Gasteiger partial charge in [0.25, 0.3) is 0 Å². The molecule has 1 fully saturated rings. The Morgan fingerprint density at radius 3 is 2.25 bits per heavy atom. The minimum atomic E-state index is -5.02. The Hall–Kier alpha value is -3.68. The maximum atomic E-state index is 13.5. The number of allylic oxidation sites excluding steroid dienone is 1. The summed E-state index contributed by atoms with van der Waals surface area (Å²) < 4.78 is 91.6. The number of halogens is 6. The molecule has 0 spiro atoms. The van der Waals surface area contributed by atoms with E-state index in [0.717, 1.165) is 17.6 Å². The van der Waals surface area contributed by atoms with Crippen molar-refractivity contribution in [2.45, 2.75) is 64.5 Å². The first kappa shape index (κ1) is 29.3. The number of carbonyl (C=O) groups is 1. The van der Waals surface area contributed by atoms with Gasteiger partial charge in [0.15, 0.2) is 0 Å². The van der Waals surface area contributed by atoms with E-state index in [1.165, 1.54) is 18.9 Å². The lowest BCUT2D eigenvalue weighted by Crippen LogP contribution is -2.35. The van der Waals surface area contributed by atoms with Crippen LogP contribution in [0.2, 0.25) is 0 Å². The number of cyclic esters (lactones) is 1. The molecular formula is C29H28F6N2O3. The van der Waals surface area contributed by atoms with E-state index >= 15 is 0 Å². The molecular weight excluding hydrogens is 538 g/mol. The van der Waals surface area contributed by atoms with Crippen molar-refractivity contribution in [2.24, 2.45) is 5.41 Å². The first-order valence-electron chi connectivity index (χ1n) is 12.6. The van der Waals surface area contributed by atoms with Crippen molar-refractivity contribution in [3.05, 3.63) is 69.8 Å².